The van der Waals surface area contributed by atoms with Gasteiger partial charge in [0.2, 0.25) is 0 Å². The topological polar surface area (TPSA) is 92.3 Å². The third-order valence-electron chi connectivity index (χ3n) is 2.26. The molecule has 0 aliphatic heterocycles. The normalized spacial score (nSPS) is 10.6. The molecule has 0 saturated heterocycles. The monoisotopic (exact) mass is 268 g/mol. The molecule has 18 heavy (non-hydrogen) atoms. The number of hydrogen-bond acceptors (Lipinski definition) is 4. The maximum atomic E-state index is 11.6. The van der Waals surface area contributed by atoms with Crippen LogP contribution in [0.4, 0.5) is 0 Å². The summed E-state index contributed by atoms with van der Waals surface area (Å²) >= 11 is 5.89. The van der Waals surface area contributed by atoms with Gasteiger partial charge in [0.25, 0.3) is 0 Å². The van der Waals surface area contributed by atoms with Gasteiger partial charge in [-0.15, -0.1) is 0 Å². The van der Waals surface area contributed by atoms with Gasteiger partial charge < -0.3 is 14.8 Å². The van der Waals surface area contributed by atoms with Gasteiger partial charge in [-0.25, -0.2) is 14.6 Å². The molecule has 7 heteroatoms. The molecule has 0 aliphatic carbocycles. The van der Waals surface area contributed by atoms with Crippen LogP contribution in [0.1, 0.15) is 27.9 Å². The predicted octanol–water partition coefficient (Wildman–Crippen LogP) is 2.09. The van der Waals surface area contributed by atoms with Crippen molar-refractivity contribution in [2.24, 2.45) is 0 Å². The average Bonchev–Trinajstić information content (AvgIpc) is 2.71. The molecular formula is C11H9ClN2O4. The van der Waals surface area contributed by atoms with Crippen molar-refractivity contribution in [3.8, 4) is 0 Å². The first-order chi connectivity index (χ1) is 8.52. The number of hydrogen-bond donors (Lipinski definition) is 2. The van der Waals surface area contributed by atoms with Gasteiger partial charge in [0.05, 0.1) is 22.7 Å². The van der Waals surface area contributed by atoms with E-state index < -0.39 is 11.9 Å². The Labute approximate surface area is 107 Å². The van der Waals surface area contributed by atoms with Crippen LogP contribution in [-0.2, 0) is 4.74 Å². The lowest BCUT2D eigenvalue weighted by molar-refractivity contribution is 0.0519. The van der Waals surface area contributed by atoms with Crippen LogP contribution in [-0.4, -0.2) is 33.6 Å². The van der Waals surface area contributed by atoms with Gasteiger partial charge in [0.15, 0.2) is 5.69 Å². The van der Waals surface area contributed by atoms with Crippen molar-refractivity contribution in [1.82, 2.24) is 9.97 Å². The highest BCUT2D eigenvalue weighted by molar-refractivity contribution is 6.33. The van der Waals surface area contributed by atoms with Crippen LogP contribution in [0.25, 0.3) is 11.0 Å². The van der Waals surface area contributed by atoms with Crippen LogP contribution in [0.5, 0.6) is 0 Å². The summed E-state index contributed by atoms with van der Waals surface area (Å²) in [6.07, 6.45) is 0. The third-order valence-corrected chi connectivity index (χ3v) is 2.54. The number of nitrogens with zero attached hydrogens (tertiary/aromatic N) is 1. The van der Waals surface area contributed by atoms with Gasteiger partial charge in [0, 0.05) is 0 Å². The Kier molecular flexibility index (Phi) is 3.20. The molecule has 0 saturated carbocycles. The number of carbonyl (C=O) groups excluding carboxylic acids is 1. The molecule has 0 bridgehead atoms. The zero-order valence-corrected chi connectivity index (χ0v) is 10.1. The molecule has 0 amide bonds. The second kappa shape index (κ2) is 4.66. The predicted molar refractivity (Wildman–Crippen MR) is 64.0 cm³/mol. The second-order valence-electron chi connectivity index (χ2n) is 3.46. The number of nitrogens with one attached hydrogen (secondary N) is 1. The fraction of sp³-hybridized carbons (Fsp3) is 0.182. The molecule has 0 fully saturated rings. The number of aromatic amines is 1. The van der Waals surface area contributed by atoms with Gasteiger partial charge in [-0.1, -0.05) is 11.6 Å². The quantitative estimate of drug-likeness (QED) is 0.832. The van der Waals surface area contributed by atoms with Crippen molar-refractivity contribution >= 4 is 34.6 Å². The number of esters is 1. The fourth-order valence-corrected chi connectivity index (χ4v) is 1.72. The second-order valence-corrected chi connectivity index (χ2v) is 3.87. The number of carboxylic acids is 1. The lowest BCUT2D eigenvalue weighted by Crippen LogP contribution is -2.07. The molecule has 0 unspecified atom stereocenters. The molecule has 2 N–H and O–H groups in total. The Morgan fingerprint density at radius 1 is 1.50 bits per heavy atom. The number of rotatable bonds is 3. The number of ether oxygens (including phenoxy) is 1. The molecule has 0 spiro atoms. The summed E-state index contributed by atoms with van der Waals surface area (Å²) in [6, 6.07) is 2.78. The maximum Gasteiger partial charge on any atom is 0.358 e. The standard InChI is InChI=1S/C11H9ClN2O4/c1-2-18-11(17)9-5(12)3-6-7(14-9)4-8(13-6)10(15)16/h3-4,13H,2H2,1H3,(H,15,16). The zero-order valence-electron chi connectivity index (χ0n) is 9.36. The summed E-state index contributed by atoms with van der Waals surface area (Å²) in [5, 5.41) is 8.95. The Hall–Kier alpha value is -2.08. The van der Waals surface area contributed by atoms with Crippen molar-refractivity contribution in [1.29, 1.82) is 0 Å². The van der Waals surface area contributed by atoms with Crippen molar-refractivity contribution in [2.75, 3.05) is 6.61 Å². The van der Waals surface area contributed by atoms with Crippen LogP contribution in [0.15, 0.2) is 12.1 Å². The largest absolute Gasteiger partial charge is 0.477 e. The van der Waals surface area contributed by atoms with E-state index in [-0.39, 0.29) is 23.0 Å². The van der Waals surface area contributed by atoms with Crippen LogP contribution >= 0.6 is 11.6 Å². The summed E-state index contributed by atoms with van der Waals surface area (Å²) in [6.45, 7) is 1.88. The first-order valence-electron chi connectivity index (χ1n) is 5.12. The molecule has 6 nitrogen and oxygen atoms in total. The number of aromatic nitrogens is 2. The van der Waals surface area contributed by atoms with Crippen molar-refractivity contribution in [3.63, 3.8) is 0 Å². The highest BCUT2D eigenvalue weighted by Gasteiger charge is 2.17. The molecule has 0 radical (unpaired) electrons. The van der Waals surface area contributed by atoms with E-state index >= 15 is 0 Å². The number of aromatic carboxylic acids is 1. The summed E-state index contributed by atoms with van der Waals surface area (Å²) in [5.41, 5.74) is 0.752. The molecule has 2 rings (SSSR count). The molecular weight excluding hydrogens is 260 g/mol. The van der Waals surface area contributed by atoms with Crippen LogP contribution in [0.2, 0.25) is 5.02 Å². The van der Waals surface area contributed by atoms with Gasteiger partial charge >= 0.3 is 11.9 Å². The average molecular weight is 269 g/mol. The lowest BCUT2D eigenvalue weighted by atomic mass is 10.3. The van der Waals surface area contributed by atoms with Gasteiger partial charge in [-0.2, -0.15) is 0 Å². The van der Waals surface area contributed by atoms with E-state index in [2.05, 4.69) is 9.97 Å². The van der Waals surface area contributed by atoms with Crippen molar-refractivity contribution < 1.29 is 19.4 Å². The zero-order chi connectivity index (χ0) is 13.3. The van der Waals surface area contributed by atoms with Gasteiger partial charge in [-0.05, 0) is 19.1 Å². The summed E-state index contributed by atoms with van der Waals surface area (Å²) in [5.74, 6) is -1.75. The molecule has 2 aromatic rings. The van der Waals surface area contributed by atoms with Crippen molar-refractivity contribution in [3.05, 3.63) is 28.5 Å². The van der Waals surface area contributed by atoms with Crippen molar-refractivity contribution in [2.45, 2.75) is 6.92 Å². The molecule has 0 aromatic carbocycles. The van der Waals surface area contributed by atoms with E-state index in [1.165, 1.54) is 12.1 Å². The minimum absolute atomic E-state index is 0.0189. The molecule has 0 aliphatic rings. The van der Waals surface area contributed by atoms with E-state index in [1.807, 2.05) is 0 Å². The lowest BCUT2D eigenvalue weighted by Gasteiger charge is -2.02. The number of carbonyl (C=O) groups is 2. The number of fused-ring (bicyclic) bond motifs is 1. The van der Waals surface area contributed by atoms with Gasteiger partial charge in [0.1, 0.15) is 5.69 Å². The summed E-state index contributed by atoms with van der Waals surface area (Å²) < 4.78 is 4.80. The summed E-state index contributed by atoms with van der Waals surface area (Å²) in [4.78, 5) is 29.0. The minimum atomic E-state index is -1.11. The number of carboxylic acid groups (broad SMARTS) is 1. The minimum Gasteiger partial charge on any atom is -0.477 e. The highest BCUT2D eigenvalue weighted by atomic mass is 35.5. The number of H-pyrrole nitrogens is 1. The van der Waals surface area contributed by atoms with E-state index in [4.69, 9.17) is 21.4 Å². The molecule has 94 valence electrons. The smallest absolute Gasteiger partial charge is 0.358 e. The summed E-state index contributed by atoms with van der Waals surface area (Å²) in [7, 11) is 0. The number of pyridine rings is 1. The highest BCUT2D eigenvalue weighted by Crippen LogP contribution is 2.22. The van der Waals surface area contributed by atoms with E-state index in [0.717, 1.165) is 0 Å². The van der Waals surface area contributed by atoms with E-state index in [1.54, 1.807) is 6.92 Å². The van der Waals surface area contributed by atoms with E-state index in [9.17, 15) is 9.59 Å². The maximum absolute atomic E-state index is 11.6. The Balaban J connectivity index is 2.53. The first-order valence-corrected chi connectivity index (χ1v) is 5.50. The fourth-order valence-electron chi connectivity index (χ4n) is 1.49. The number of halogens is 1. The Bertz CT molecular complexity index is 635. The van der Waals surface area contributed by atoms with E-state index in [0.29, 0.717) is 11.0 Å². The Morgan fingerprint density at radius 3 is 2.83 bits per heavy atom. The van der Waals surface area contributed by atoms with Crippen LogP contribution < -0.4 is 0 Å². The van der Waals surface area contributed by atoms with Crippen LogP contribution in [0, 0.1) is 0 Å². The first kappa shape index (κ1) is 12.4. The third kappa shape index (κ3) is 2.14. The molecule has 2 heterocycles. The molecule has 0 atom stereocenters. The molecule has 2 aromatic heterocycles. The SMILES string of the molecule is CCOC(=O)c1nc2cc(C(=O)O)[nH]c2cc1Cl. The van der Waals surface area contributed by atoms with Gasteiger partial charge in [-0.3, -0.25) is 0 Å². The van der Waals surface area contributed by atoms with Crippen LogP contribution in [0.3, 0.4) is 0 Å². The Morgan fingerprint density at radius 2 is 2.22 bits per heavy atom.